The number of carbonyl (C=O) groups excluding carboxylic acids is 1. The molecule has 1 amide bonds. The largest absolute Gasteiger partial charge is 0.370 e. The summed E-state index contributed by atoms with van der Waals surface area (Å²) in [6.45, 7) is 5.94. The number of rotatable bonds is 1. The Morgan fingerprint density at radius 3 is 2.73 bits per heavy atom. The second kappa shape index (κ2) is 3.26. The summed E-state index contributed by atoms with van der Waals surface area (Å²) in [4.78, 5) is 11.8. The molecule has 1 unspecified atom stereocenters. The molecule has 0 aliphatic carbocycles. The standard InChI is InChI=1S/C12H16N2O/c1-4-12(3)11(15)13-10-7-8(2)5-6-9(10)14-12/h5-7,14H,4H2,1-3H3,(H,13,15). The molecule has 3 nitrogen and oxygen atoms in total. The molecule has 2 N–H and O–H groups in total. The Kier molecular flexibility index (Phi) is 2.18. The molecule has 1 aliphatic heterocycles. The van der Waals surface area contributed by atoms with Gasteiger partial charge in [0.1, 0.15) is 5.54 Å². The van der Waals surface area contributed by atoms with Gasteiger partial charge in [-0.3, -0.25) is 4.79 Å². The lowest BCUT2D eigenvalue weighted by atomic mass is 9.94. The fourth-order valence-electron chi connectivity index (χ4n) is 1.73. The van der Waals surface area contributed by atoms with Crippen LogP contribution in [-0.2, 0) is 4.79 Å². The van der Waals surface area contributed by atoms with Gasteiger partial charge in [-0.15, -0.1) is 0 Å². The molecule has 3 heteroatoms. The molecule has 1 atom stereocenters. The molecule has 80 valence electrons. The summed E-state index contributed by atoms with van der Waals surface area (Å²) >= 11 is 0. The lowest BCUT2D eigenvalue weighted by Gasteiger charge is -2.35. The molecule has 0 aromatic heterocycles. The van der Waals surface area contributed by atoms with Gasteiger partial charge in [-0.1, -0.05) is 13.0 Å². The maximum absolute atomic E-state index is 11.8. The van der Waals surface area contributed by atoms with Crippen LogP contribution in [0.1, 0.15) is 25.8 Å². The predicted octanol–water partition coefficient (Wildman–Crippen LogP) is 2.53. The SMILES string of the molecule is CCC1(C)Nc2ccc(C)cc2NC1=O. The smallest absolute Gasteiger partial charge is 0.249 e. The maximum Gasteiger partial charge on any atom is 0.249 e. The number of fused-ring (bicyclic) bond motifs is 1. The molecular weight excluding hydrogens is 188 g/mol. The van der Waals surface area contributed by atoms with Gasteiger partial charge in [-0.05, 0) is 38.0 Å². The molecule has 0 spiro atoms. The molecule has 0 fully saturated rings. The number of carbonyl (C=O) groups is 1. The van der Waals surface area contributed by atoms with Crippen molar-refractivity contribution < 1.29 is 4.79 Å². The molecule has 1 heterocycles. The predicted molar refractivity (Wildman–Crippen MR) is 62.1 cm³/mol. The average molecular weight is 204 g/mol. The van der Waals surface area contributed by atoms with Gasteiger partial charge in [-0.25, -0.2) is 0 Å². The first kappa shape index (κ1) is 10.0. The Bertz CT molecular complexity index is 414. The van der Waals surface area contributed by atoms with Crippen LogP contribution in [-0.4, -0.2) is 11.4 Å². The first-order valence-electron chi connectivity index (χ1n) is 5.25. The summed E-state index contributed by atoms with van der Waals surface area (Å²) in [6.07, 6.45) is 0.770. The topological polar surface area (TPSA) is 41.1 Å². The van der Waals surface area contributed by atoms with Crippen LogP contribution >= 0.6 is 0 Å². The van der Waals surface area contributed by atoms with E-state index >= 15 is 0 Å². The molecule has 1 aromatic rings. The first-order chi connectivity index (χ1) is 7.05. The highest BCUT2D eigenvalue weighted by atomic mass is 16.2. The Balaban J connectivity index is 2.42. The van der Waals surface area contributed by atoms with E-state index < -0.39 is 5.54 Å². The van der Waals surface area contributed by atoms with E-state index in [-0.39, 0.29) is 5.91 Å². The van der Waals surface area contributed by atoms with Crippen LogP contribution < -0.4 is 10.6 Å². The molecule has 0 saturated carbocycles. The number of anilines is 2. The van der Waals surface area contributed by atoms with Crippen molar-refractivity contribution in [3.05, 3.63) is 23.8 Å². The monoisotopic (exact) mass is 204 g/mol. The summed E-state index contributed by atoms with van der Waals surface area (Å²) in [5.41, 5.74) is 2.55. The van der Waals surface area contributed by atoms with E-state index in [0.29, 0.717) is 0 Å². The number of amides is 1. The Morgan fingerprint density at radius 1 is 1.33 bits per heavy atom. The summed E-state index contributed by atoms with van der Waals surface area (Å²) < 4.78 is 0. The second-order valence-corrected chi connectivity index (χ2v) is 4.31. The normalized spacial score (nSPS) is 24.1. The van der Waals surface area contributed by atoms with E-state index in [4.69, 9.17) is 0 Å². The zero-order valence-electron chi connectivity index (χ0n) is 9.35. The van der Waals surface area contributed by atoms with Crippen LogP contribution in [0.2, 0.25) is 0 Å². The summed E-state index contributed by atoms with van der Waals surface area (Å²) in [6, 6.07) is 6.03. The summed E-state index contributed by atoms with van der Waals surface area (Å²) in [5.74, 6) is 0.0445. The summed E-state index contributed by atoms with van der Waals surface area (Å²) in [7, 11) is 0. The van der Waals surface area contributed by atoms with Crippen molar-refractivity contribution in [1.29, 1.82) is 0 Å². The maximum atomic E-state index is 11.8. The van der Waals surface area contributed by atoms with Crippen molar-refractivity contribution in [3.8, 4) is 0 Å². The van der Waals surface area contributed by atoms with Crippen molar-refractivity contribution in [2.75, 3.05) is 10.6 Å². The van der Waals surface area contributed by atoms with Crippen LogP contribution in [0.5, 0.6) is 0 Å². The molecular formula is C12H16N2O. The highest BCUT2D eigenvalue weighted by molar-refractivity contribution is 6.05. The Hall–Kier alpha value is -1.51. The zero-order chi connectivity index (χ0) is 11.1. The molecule has 0 bridgehead atoms. The number of hydrogen-bond acceptors (Lipinski definition) is 2. The average Bonchev–Trinajstić information content (AvgIpc) is 2.20. The molecule has 1 aliphatic rings. The molecule has 15 heavy (non-hydrogen) atoms. The highest BCUT2D eigenvalue weighted by Crippen LogP contribution is 2.32. The van der Waals surface area contributed by atoms with E-state index in [1.54, 1.807) is 0 Å². The van der Waals surface area contributed by atoms with Crippen LogP contribution in [0.15, 0.2) is 18.2 Å². The molecule has 0 radical (unpaired) electrons. The van der Waals surface area contributed by atoms with Crippen molar-refractivity contribution >= 4 is 17.3 Å². The van der Waals surface area contributed by atoms with Crippen molar-refractivity contribution in [2.24, 2.45) is 0 Å². The third-order valence-corrected chi connectivity index (χ3v) is 3.04. The fraction of sp³-hybridized carbons (Fsp3) is 0.417. The highest BCUT2D eigenvalue weighted by Gasteiger charge is 2.35. The van der Waals surface area contributed by atoms with E-state index in [0.717, 1.165) is 23.4 Å². The number of hydrogen-bond donors (Lipinski definition) is 2. The molecule has 1 aromatic carbocycles. The lowest BCUT2D eigenvalue weighted by Crippen LogP contribution is -2.49. The summed E-state index contributed by atoms with van der Waals surface area (Å²) in [5, 5.41) is 6.23. The molecule has 2 rings (SSSR count). The van der Waals surface area contributed by atoms with Crippen LogP contribution in [0.25, 0.3) is 0 Å². The number of nitrogens with one attached hydrogen (secondary N) is 2. The van der Waals surface area contributed by atoms with Crippen molar-refractivity contribution in [1.82, 2.24) is 0 Å². The van der Waals surface area contributed by atoms with Gasteiger partial charge < -0.3 is 10.6 Å². The van der Waals surface area contributed by atoms with Gasteiger partial charge in [0.2, 0.25) is 5.91 Å². The zero-order valence-corrected chi connectivity index (χ0v) is 9.35. The minimum absolute atomic E-state index is 0.0445. The quantitative estimate of drug-likeness (QED) is 0.738. The van der Waals surface area contributed by atoms with Crippen molar-refractivity contribution in [2.45, 2.75) is 32.7 Å². The third kappa shape index (κ3) is 1.58. The minimum Gasteiger partial charge on any atom is -0.370 e. The first-order valence-corrected chi connectivity index (χ1v) is 5.25. The van der Waals surface area contributed by atoms with Crippen LogP contribution in [0.4, 0.5) is 11.4 Å². The third-order valence-electron chi connectivity index (χ3n) is 3.04. The van der Waals surface area contributed by atoms with Gasteiger partial charge in [0.05, 0.1) is 11.4 Å². The van der Waals surface area contributed by atoms with Gasteiger partial charge >= 0.3 is 0 Å². The van der Waals surface area contributed by atoms with Gasteiger partial charge in [-0.2, -0.15) is 0 Å². The van der Waals surface area contributed by atoms with Gasteiger partial charge in [0.25, 0.3) is 0 Å². The fourth-order valence-corrected chi connectivity index (χ4v) is 1.73. The van der Waals surface area contributed by atoms with E-state index in [1.165, 1.54) is 0 Å². The van der Waals surface area contributed by atoms with Crippen LogP contribution in [0, 0.1) is 6.92 Å². The Morgan fingerprint density at radius 2 is 2.07 bits per heavy atom. The Labute approximate surface area is 89.9 Å². The van der Waals surface area contributed by atoms with E-state index in [2.05, 4.69) is 10.6 Å². The lowest BCUT2D eigenvalue weighted by molar-refractivity contribution is -0.120. The number of aryl methyl sites for hydroxylation is 1. The van der Waals surface area contributed by atoms with E-state index in [1.807, 2.05) is 39.0 Å². The number of benzene rings is 1. The minimum atomic E-state index is -0.484. The molecule has 0 saturated heterocycles. The van der Waals surface area contributed by atoms with E-state index in [9.17, 15) is 4.79 Å². The second-order valence-electron chi connectivity index (χ2n) is 4.31. The van der Waals surface area contributed by atoms with Crippen LogP contribution in [0.3, 0.4) is 0 Å². The van der Waals surface area contributed by atoms with Crippen molar-refractivity contribution in [3.63, 3.8) is 0 Å². The van der Waals surface area contributed by atoms with Gasteiger partial charge in [0.15, 0.2) is 0 Å². The van der Waals surface area contributed by atoms with Gasteiger partial charge in [0, 0.05) is 0 Å².